The topological polar surface area (TPSA) is 49.9 Å². The second-order valence-electron chi connectivity index (χ2n) is 4.82. The molecule has 2 amide bonds. The van der Waals surface area contributed by atoms with E-state index in [2.05, 4.69) is 0 Å². The van der Waals surface area contributed by atoms with Gasteiger partial charge in [-0.2, -0.15) is 0 Å². The van der Waals surface area contributed by atoms with Gasteiger partial charge in [-0.1, -0.05) is 30.3 Å². The highest BCUT2D eigenvalue weighted by molar-refractivity contribution is 5.86. The lowest BCUT2D eigenvalue weighted by Crippen LogP contribution is -2.52. The van der Waals surface area contributed by atoms with Crippen molar-refractivity contribution in [2.24, 2.45) is 0 Å². The van der Waals surface area contributed by atoms with Gasteiger partial charge in [0.15, 0.2) is 6.10 Å². The van der Waals surface area contributed by atoms with Crippen LogP contribution in [0.25, 0.3) is 0 Å². The molecule has 0 spiro atoms. The molecule has 1 aliphatic rings. The fraction of sp³-hybridized carbons (Fsp3) is 0.429. The fourth-order valence-corrected chi connectivity index (χ4v) is 2.22. The number of carbonyl (C=O) groups excluding carboxylic acids is 2. The van der Waals surface area contributed by atoms with E-state index < -0.39 is 6.10 Å². The van der Waals surface area contributed by atoms with E-state index in [0.717, 1.165) is 5.56 Å². The largest absolute Gasteiger partial charge is 0.356 e. The second kappa shape index (κ2) is 5.40. The van der Waals surface area contributed by atoms with Crippen molar-refractivity contribution in [2.45, 2.75) is 12.1 Å². The number of carbonyl (C=O) groups is 2. The Morgan fingerprint density at radius 3 is 2.53 bits per heavy atom. The van der Waals surface area contributed by atoms with E-state index in [0.29, 0.717) is 0 Å². The van der Waals surface area contributed by atoms with E-state index in [-0.39, 0.29) is 24.5 Å². The highest BCUT2D eigenvalue weighted by atomic mass is 16.5. The smallest absolute Gasteiger partial charge is 0.253 e. The van der Waals surface area contributed by atoms with E-state index in [1.165, 1.54) is 4.90 Å². The molecule has 1 fully saturated rings. The molecule has 2 atom stereocenters. The Bertz CT molecular complexity index is 473. The average Bonchev–Trinajstić information content (AvgIpc) is 2.41. The first-order valence-corrected chi connectivity index (χ1v) is 6.15. The molecular formula is C14H18N2O3. The van der Waals surface area contributed by atoms with Crippen molar-refractivity contribution in [3.63, 3.8) is 0 Å². The van der Waals surface area contributed by atoms with Gasteiger partial charge in [-0.3, -0.25) is 9.59 Å². The lowest BCUT2D eigenvalue weighted by molar-refractivity contribution is -0.166. The normalized spacial score (nSPS) is 23.3. The lowest BCUT2D eigenvalue weighted by Gasteiger charge is -2.39. The van der Waals surface area contributed by atoms with Crippen molar-refractivity contribution in [2.75, 3.05) is 27.7 Å². The molecule has 102 valence electrons. The minimum Gasteiger partial charge on any atom is -0.356 e. The molecule has 1 heterocycles. The first-order valence-electron chi connectivity index (χ1n) is 6.15. The SMILES string of the molecule is CN(C)C(=O)[C@H]1OCC(=O)N(C)[C@@H]1c1ccccc1. The molecular weight excluding hydrogens is 244 g/mol. The predicted molar refractivity (Wildman–Crippen MR) is 70.4 cm³/mol. The molecule has 5 nitrogen and oxygen atoms in total. The molecule has 1 saturated heterocycles. The fourth-order valence-electron chi connectivity index (χ4n) is 2.22. The number of morpholine rings is 1. The summed E-state index contributed by atoms with van der Waals surface area (Å²) < 4.78 is 5.47. The number of amides is 2. The Labute approximate surface area is 112 Å². The summed E-state index contributed by atoms with van der Waals surface area (Å²) in [6.07, 6.45) is -0.653. The zero-order chi connectivity index (χ0) is 14.0. The van der Waals surface area contributed by atoms with Crippen LogP contribution in [0.1, 0.15) is 11.6 Å². The Morgan fingerprint density at radius 2 is 1.95 bits per heavy atom. The maximum Gasteiger partial charge on any atom is 0.253 e. The summed E-state index contributed by atoms with van der Waals surface area (Å²) in [7, 11) is 5.08. The van der Waals surface area contributed by atoms with Crippen LogP contribution in [0.15, 0.2) is 30.3 Å². The quantitative estimate of drug-likeness (QED) is 0.787. The first kappa shape index (κ1) is 13.5. The van der Waals surface area contributed by atoms with Crippen molar-refractivity contribution in [3.05, 3.63) is 35.9 Å². The number of nitrogens with zero attached hydrogens (tertiary/aromatic N) is 2. The summed E-state index contributed by atoms with van der Waals surface area (Å²) in [5.41, 5.74) is 0.901. The van der Waals surface area contributed by atoms with E-state index in [1.807, 2.05) is 30.3 Å². The number of rotatable bonds is 2. The first-order chi connectivity index (χ1) is 9.02. The Kier molecular flexibility index (Phi) is 3.85. The number of benzene rings is 1. The summed E-state index contributed by atoms with van der Waals surface area (Å²) in [6.45, 7) is -0.0515. The number of ether oxygens (including phenoxy) is 1. The lowest BCUT2D eigenvalue weighted by atomic mass is 9.97. The predicted octanol–water partition coefficient (Wildman–Crippen LogP) is 0.673. The molecule has 5 heteroatoms. The molecule has 0 aliphatic carbocycles. The highest BCUT2D eigenvalue weighted by Gasteiger charge is 2.40. The minimum absolute atomic E-state index is 0.0515. The van der Waals surface area contributed by atoms with E-state index in [4.69, 9.17) is 4.74 Å². The summed E-state index contributed by atoms with van der Waals surface area (Å²) in [5, 5.41) is 0. The van der Waals surface area contributed by atoms with E-state index >= 15 is 0 Å². The van der Waals surface area contributed by atoms with Gasteiger partial charge in [0.2, 0.25) is 5.91 Å². The van der Waals surface area contributed by atoms with Gasteiger partial charge < -0.3 is 14.5 Å². The molecule has 0 radical (unpaired) electrons. The van der Waals surface area contributed by atoms with Crippen LogP contribution in [0.5, 0.6) is 0 Å². The van der Waals surface area contributed by atoms with Crippen LogP contribution in [0, 0.1) is 0 Å². The van der Waals surface area contributed by atoms with Crippen LogP contribution in [-0.4, -0.2) is 55.5 Å². The zero-order valence-electron chi connectivity index (χ0n) is 11.4. The van der Waals surface area contributed by atoms with Gasteiger partial charge in [0.05, 0.1) is 6.04 Å². The van der Waals surface area contributed by atoms with Crippen molar-refractivity contribution in [1.29, 1.82) is 0 Å². The summed E-state index contributed by atoms with van der Waals surface area (Å²) >= 11 is 0. The molecule has 1 aromatic rings. The second-order valence-corrected chi connectivity index (χ2v) is 4.82. The van der Waals surface area contributed by atoms with Gasteiger partial charge in [-0.05, 0) is 5.56 Å². The van der Waals surface area contributed by atoms with Gasteiger partial charge in [0.1, 0.15) is 6.61 Å². The van der Waals surface area contributed by atoms with Gasteiger partial charge in [0, 0.05) is 21.1 Å². The Balaban J connectivity index is 2.36. The molecule has 0 unspecified atom stereocenters. The van der Waals surface area contributed by atoms with Gasteiger partial charge >= 0.3 is 0 Å². The third-order valence-electron chi connectivity index (χ3n) is 3.31. The summed E-state index contributed by atoms with van der Waals surface area (Å²) in [5.74, 6) is -0.245. The minimum atomic E-state index is -0.653. The number of likely N-dealkylation sites (N-methyl/N-ethyl adjacent to an activating group) is 2. The molecule has 0 aromatic heterocycles. The van der Waals surface area contributed by atoms with Crippen molar-refractivity contribution in [1.82, 2.24) is 9.80 Å². The van der Waals surface area contributed by atoms with Crippen LogP contribution >= 0.6 is 0 Å². The standard InChI is InChI=1S/C14H18N2O3/c1-15(2)14(18)13-12(10-7-5-4-6-8-10)16(3)11(17)9-19-13/h4-8,12-13H,9H2,1-3H3/t12-,13+/m1/s1. The van der Waals surface area contributed by atoms with Crippen LogP contribution in [-0.2, 0) is 14.3 Å². The molecule has 2 rings (SSSR count). The molecule has 0 N–H and O–H groups in total. The van der Waals surface area contributed by atoms with Crippen LogP contribution in [0.4, 0.5) is 0 Å². The van der Waals surface area contributed by atoms with Gasteiger partial charge in [-0.15, -0.1) is 0 Å². The highest BCUT2D eigenvalue weighted by Crippen LogP contribution is 2.29. The summed E-state index contributed by atoms with van der Waals surface area (Å²) in [4.78, 5) is 27.1. The molecule has 19 heavy (non-hydrogen) atoms. The van der Waals surface area contributed by atoms with E-state index in [9.17, 15) is 9.59 Å². The van der Waals surface area contributed by atoms with Crippen LogP contribution < -0.4 is 0 Å². The molecule has 1 aliphatic heterocycles. The van der Waals surface area contributed by atoms with E-state index in [1.54, 1.807) is 26.0 Å². The van der Waals surface area contributed by atoms with Crippen LogP contribution in [0.3, 0.4) is 0 Å². The molecule has 0 saturated carbocycles. The van der Waals surface area contributed by atoms with Crippen LogP contribution in [0.2, 0.25) is 0 Å². The van der Waals surface area contributed by atoms with Gasteiger partial charge in [-0.25, -0.2) is 0 Å². The number of hydrogen-bond donors (Lipinski definition) is 0. The van der Waals surface area contributed by atoms with Crippen molar-refractivity contribution >= 4 is 11.8 Å². The maximum atomic E-state index is 12.2. The maximum absolute atomic E-state index is 12.2. The average molecular weight is 262 g/mol. The Morgan fingerprint density at radius 1 is 1.32 bits per heavy atom. The molecule has 0 bridgehead atoms. The number of hydrogen-bond acceptors (Lipinski definition) is 3. The van der Waals surface area contributed by atoms with Gasteiger partial charge in [0.25, 0.3) is 5.91 Å². The van der Waals surface area contributed by atoms with Crippen molar-refractivity contribution in [3.8, 4) is 0 Å². The third kappa shape index (κ3) is 2.61. The van der Waals surface area contributed by atoms with Crippen molar-refractivity contribution < 1.29 is 14.3 Å². The monoisotopic (exact) mass is 262 g/mol. The molecule has 1 aromatic carbocycles. The Hall–Kier alpha value is -1.88. The summed E-state index contributed by atoms with van der Waals surface area (Å²) in [6, 6.07) is 9.10. The third-order valence-corrected chi connectivity index (χ3v) is 3.31. The zero-order valence-corrected chi connectivity index (χ0v) is 11.4.